The molecule has 1 aliphatic rings. The van der Waals surface area contributed by atoms with Gasteiger partial charge in [0, 0.05) is 24.8 Å². The van der Waals surface area contributed by atoms with Crippen LogP contribution in [-0.2, 0) is 13.0 Å². The molecule has 0 radical (unpaired) electrons. The second-order valence-corrected chi connectivity index (χ2v) is 5.90. The molecule has 0 saturated heterocycles. The fourth-order valence-corrected chi connectivity index (χ4v) is 3.05. The van der Waals surface area contributed by atoms with E-state index < -0.39 is 0 Å². The van der Waals surface area contributed by atoms with E-state index in [-0.39, 0.29) is 6.04 Å². The summed E-state index contributed by atoms with van der Waals surface area (Å²) in [5.41, 5.74) is 13.0. The number of fused-ring (bicyclic) bond motifs is 1. The maximum absolute atomic E-state index is 6.22. The topological polar surface area (TPSA) is 29.3 Å². The van der Waals surface area contributed by atoms with Crippen molar-refractivity contribution in [3.05, 3.63) is 64.7 Å². The van der Waals surface area contributed by atoms with Gasteiger partial charge >= 0.3 is 0 Å². The van der Waals surface area contributed by atoms with Gasteiger partial charge in [-0.2, -0.15) is 0 Å². The minimum atomic E-state index is 0.231. The highest BCUT2D eigenvalue weighted by Gasteiger charge is 2.21. The lowest BCUT2D eigenvalue weighted by Gasteiger charge is -2.35. The number of para-hydroxylation sites is 1. The van der Waals surface area contributed by atoms with Crippen molar-refractivity contribution in [2.24, 2.45) is 5.73 Å². The Hall–Kier alpha value is -1.80. The van der Waals surface area contributed by atoms with Crippen molar-refractivity contribution < 1.29 is 0 Å². The SMILES string of the molecule is Cc1ccc(C)c(CN2CC(N)Cc3ccccc32)c1. The summed E-state index contributed by atoms with van der Waals surface area (Å²) >= 11 is 0. The van der Waals surface area contributed by atoms with Gasteiger partial charge in [0.1, 0.15) is 0 Å². The first-order chi connectivity index (χ1) is 9.63. The molecule has 2 nitrogen and oxygen atoms in total. The van der Waals surface area contributed by atoms with Gasteiger partial charge in [0.25, 0.3) is 0 Å². The molecule has 0 bridgehead atoms. The van der Waals surface area contributed by atoms with Crippen molar-refractivity contribution in [2.75, 3.05) is 11.4 Å². The summed E-state index contributed by atoms with van der Waals surface area (Å²) in [6.07, 6.45) is 0.986. The van der Waals surface area contributed by atoms with Gasteiger partial charge in [-0.05, 0) is 43.0 Å². The van der Waals surface area contributed by atoms with E-state index in [1.54, 1.807) is 0 Å². The van der Waals surface area contributed by atoms with E-state index in [1.165, 1.54) is 27.9 Å². The predicted octanol–water partition coefficient (Wildman–Crippen LogP) is 3.19. The summed E-state index contributed by atoms with van der Waals surface area (Å²) in [6, 6.07) is 15.5. The Morgan fingerprint density at radius 2 is 1.95 bits per heavy atom. The molecule has 1 unspecified atom stereocenters. The second-order valence-electron chi connectivity index (χ2n) is 5.90. The van der Waals surface area contributed by atoms with Gasteiger partial charge in [0.05, 0.1) is 0 Å². The fraction of sp³-hybridized carbons (Fsp3) is 0.333. The lowest BCUT2D eigenvalue weighted by molar-refractivity contribution is 0.598. The molecule has 2 N–H and O–H groups in total. The monoisotopic (exact) mass is 266 g/mol. The van der Waals surface area contributed by atoms with Crippen molar-refractivity contribution >= 4 is 5.69 Å². The average Bonchev–Trinajstić information content (AvgIpc) is 2.43. The Kier molecular flexibility index (Phi) is 3.49. The molecule has 104 valence electrons. The minimum absolute atomic E-state index is 0.231. The Labute approximate surface area is 121 Å². The van der Waals surface area contributed by atoms with Gasteiger partial charge in [-0.1, -0.05) is 42.0 Å². The van der Waals surface area contributed by atoms with E-state index in [4.69, 9.17) is 5.73 Å². The van der Waals surface area contributed by atoms with Crippen molar-refractivity contribution in [1.29, 1.82) is 0 Å². The van der Waals surface area contributed by atoms with Crippen LogP contribution in [0.4, 0.5) is 5.69 Å². The molecule has 0 fully saturated rings. The molecule has 20 heavy (non-hydrogen) atoms. The molecule has 0 spiro atoms. The van der Waals surface area contributed by atoms with Crippen LogP contribution in [0.3, 0.4) is 0 Å². The highest BCUT2D eigenvalue weighted by atomic mass is 15.2. The van der Waals surface area contributed by atoms with Gasteiger partial charge in [0.15, 0.2) is 0 Å². The highest BCUT2D eigenvalue weighted by Crippen LogP contribution is 2.28. The maximum Gasteiger partial charge on any atom is 0.0432 e. The van der Waals surface area contributed by atoms with Crippen LogP contribution in [0.5, 0.6) is 0 Å². The molecule has 0 aliphatic carbocycles. The number of nitrogens with two attached hydrogens (primary N) is 1. The number of rotatable bonds is 2. The molecule has 1 atom stereocenters. The zero-order chi connectivity index (χ0) is 14.1. The third-order valence-electron chi connectivity index (χ3n) is 4.14. The molecular weight excluding hydrogens is 244 g/mol. The highest BCUT2D eigenvalue weighted by molar-refractivity contribution is 5.56. The molecule has 2 heteroatoms. The number of anilines is 1. The number of benzene rings is 2. The first kappa shape index (κ1) is 13.2. The van der Waals surface area contributed by atoms with Crippen LogP contribution >= 0.6 is 0 Å². The quantitative estimate of drug-likeness (QED) is 0.904. The lowest BCUT2D eigenvalue weighted by Crippen LogP contribution is -2.43. The largest absolute Gasteiger partial charge is 0.365 e. The minimum Gasteiger partial charge on any atom is -0.365 e. The first-order valence-corrected chi connectivity index (χ1v) is 7.28. The molecule has 0 aromatic heterocycles. The van der Waals surface area contributed by atoms with Gasteiger partial charge in [-0.25, -0.2) is 0 Å². The van der Waals surface area contributed by atoms with Gasteiger partial charge < -0.3 is 10.6 Å². The molecule has 3 rings (SSSR count). The average molecular weight is 266 g/mol. The van der Waals surface area contributed by atoms with Crippen molar-refractivity contribution in [3.63, 3.8) is 0 Å². The van der Waals surface area contributed by atoms with Crippen LogP contribution in [0.1, 0.15) is 22.3 Å². The van der Waals surface area contributed by atoms with Crippen LogP contribution in [-0.4, -0.2) is 12.6 Å². The van der Waals surface area contributed by atoms with Crippen LogP contribution in [0.25, 0.3) is 0 Å². The van der Waals surface area contributed by atoms with Gasteiger partial charge in [-0.3, -0.25) is 0 Å². The van der Waals surface area contributed by atoms with Crippen LogP contribution in [0.15, 0.2) is 42.5 Å². The van der Waals surface area contributed by atoms with Crippen molar-refractivity contribution in [3.8, 4) is 0 Å². The van der Waals surface area contributed by atoms with Crippen LogP contribution < -0.4 is 10.6 Å². The van der Waals surface area contributed by atoms with Gasteiger partial charge in [0.2, 0.25) is 0 Å². The number of nitrogens with zero attached hydrogens (tertiary/aromatic N) is 1. The zero-order valence-corrected chi connectivity index (χ0v) is 12.3. The molecule has 1 heterocycles. The Bertz CT molecular complexity index is 619. The fourth-order valence-electron chi connectivity index (χ4n) is 3.05. The van der Waals surface area contributed by atoms with Crippen molar-refractivity contribution in [2.45, 2.75) is 32.9 Å². The van der Waals surface area contributed by atoms with E-state index in [1.807, 2.05) is 0 Å². The van der Waals surface area contributed by atoms with Gasteiger partial charge in [-0.15, -0.1) is 0 Å². The summed E-state index contributed by atoms with van der Waals surface area (Å²) in [5, 5.41) is 0. The standard InChI is InChI=1S/C18H22N2/c1-13-7-8-14(2)16(9-13)11-20-12-17(19)10-15-5-3-4-6-18(15)20/h3-9,17H,10-12,19H2,1-2H3. The molecule has 2 aromatic rings. The molecule has 2 aromatic carbocycles. The normalized spacial score (nSPS) is 17.9. The third kappa shape index (κ3) is 2.56. The third-order valence-corrected chi connectivity index (χ3v) is 4.14. The van der Waals surface area contributed by atoms with E-state index in [9.17, 15) is 0 Å². The molecule has 1 aliphatic heterocycles. The lowest BCUT2D eigenvalue weighted by atomic mass is 9.97. The summed E-state index contributed by atoms with van der Waals surface area (Å²) in [7, 11) is 0. The number of hydrogen-bond donors (Lipinski definition) is 1. The maximum atomic E-state index is 6.22. The smallest absolute Gasteiger partial charge is 0.0432 e. The number of hydrogen-bond acceptors (Lipinski definition) is 2. The van der Waals surface area contributed by atoms with E-state index in [0.29, 0.717) is 0 Å². The second kappa shape index (κ2) is 5.29. The zero-order valence-electron chi connectivity index (χ0n) is 12.3. The summed E-state index contributed by atoms with van der Waals surface area (Å²) in [6.45, 7) is 6.21. The number of aryl methyl sites for hydroxylation is 2. The van der Waals surface area contributed by atoms with E-state index >= 15 is 0 Å². The summed E-state index contributed by atoms with van der Waals surface area (Å²) < 4.78 is 0. The Morgan fingerprint density at radius 1 is 1.15 bits per heavy atom. The van der Waals surface area contributed by atoms with Crippen molar-refractivity contribution in [1.82, 2.24) is 0 Å². The van der Waals surface area contributed by atoms with E-state index in [0.717, 1.165) is 19.5 Å². The molecule has 0 saturated carbocycles. The summed E-state index contributed by atoms with van der Waals surface area (Å²) in [4.78, 5) is 2.42. The van der Waals surface area contributed by atoms with Crippen LogP contribution in [0, 0.1) is 13.8 Å². The Morgan fingerprint density at radius 3 is 2.80 bits per heavy atom. The molecular formula is C18H22N2. The molecule has 0 amide bonds. The van der Waals surface area contributed by atoms with Crippen LogP contribution in [0.2, 0.25) is 0 Å². The summed E-state index contributed by atoms with van der Waals surface area (Å²) in [5.74, 6) is 0. The van der Waals surface area contributed by atoms with E-state index in [2.05, 4.69) is 61.2 Å². The predicted molar refractivity (Wildman–Crippen MR) is 85.1 cm³/mol. The Balaban J connectivity index is 1.93. The first-order valence-electron chi connectivity index (χ1n) is 7.28.